The molecule has 1 aromatic rings. The minimum Gasteiger partial charge on any atom is -0.310 e. The first-order chi connectivity index (χ1) is 7.78. The smallest absolute Gasteiger partial charge is 0.0372 e. The fourth-order valence-corrected chi connectivity index (χ4v) is 3.00. The number of aromatic nitrogens is 1. The predicted octanol–water partition coefficient (Wildman–Crippen LogP) is 2.76. The van der Waals surface area contributed by atoms with Gasteiger partial charge >= 0.3 is 0 Å². The molecule has 1 heterocycles. The standard InChI is InChI=1S/C13H20N2S/c1-10-3-4-11(8-14-10)9-15-12-5-6-13(7-12)16-2/h3-4,8,12-13,15H,5-7,9H2,1-2H3. The molecule has 1 fully saturated rings. The number of pyridine rings is 1. The number of hydrogen-bond acceptors (Lipinski definition) is 3. The van der Waals surface area contributed by atoms with E-state index in [0.29, 0.717) is 6.04 Å². The molecule has 1 N–H and O–H groups in total. The molecule has 0 radical (unpaired) electrons. The number of nitrogens with one attached hydrogen (secondary N) is 1. The van der Waals surface area contributed by atoms with Crippen molar-refractivity contribution >= 4 is 11.8 Å². The second-order valence-corrected chi connectivity index (χ2v) is 5.69. The summed E-state index contributed by atoms with van der Waals surface area (Å²) in [4.78, 5) is 4.31. The molecule has 2 nitrogen and oxygen atoms in total. The van der Waals surface area contributed by atoms with Gasteiger partial charge in [-0.3, -0.25) is 4.98 Å². The Hall–Kier alpha value is -0.540. The van der Waals surface area contributed by atoms with E-state index in [1.807, 2.05) is 24.9 Å². The highest BCUT2D eigenvalue weighted by Gasteiger charge is 2.23. The van der Waals surface area contributed by atoms with E-state index in [0.717, 1.165) is 17.5 Å². The molecular weight excluding hydrogens is 216 g/mol. The van der Waals surface area contributed by atoms with E-state index in [4.69, 9.17) is 0 Å². The second-order valence-electron chi connectivity index (χ2n) is 4.56. The maximum atomic E-state index is 4.31. The van der Waals surface area contributed by atoms with E-state index in [2.05, 4.69) is 28.7 Å². The van der Waals surface area contributed by atoms with E-state index in [9.17, 15) is 0 Å². The molecule has 88 valence electrons. The molecule has 2 unspecified atom stereocenters. The minimum absolute atomic E-state index is 0.707. The van der Waals surface area contributed by atoms with Gasteiger partial charge in [-0.05, 0) is 44.1 Å². The van der Waals surface area contributed by atoms with Crippen molar-refractivity contribution in [3.8, 4) is 0 Å². The van der Waals surface area contributed by atoms with Crippen molar-refractivity contribution in [2.24, 2.45) is 0 Å². The lowest BCUT2D eigenvalue weighted by Gasteiger charge is -2.12. The van der Waals surface area contributed by atoms with Crippen LogP contribution in [-0.4, -0.2) is 22.5 Å². The molecule has 2 atom stereocenters. The number of hydrogen-bond donors (Lipinski definition) is 1. The topological polar surface area (TPSA) is 24.9 Å². The van der Waals surface area contributed by atoms with Gasteiger partial charge in [-0.1, -0.05) is 6.07 Å². The fourth-order valence-electron chi connectivity index (χ4n) is 2.20. The monoisotopic (exact) mass is 236 g/mol. The predicted molar refractivity (Wildman–Crippen MR) is 70.8 cm³/mol. The van der Waals surface area contributed by atoms with E-state index < -0.39 is 0 Å². The van der Waals surface area contributed by atoms with Crippen molar-refractivity contribution in [1.29, 1.82) is 0 Å². The molecule has 0 aromatic carbocycles. The highest BCUT2D eigenvalue weighted by Crippen LogP contribution is 2.28. The molecule has 2 rings (SSSR count). The number of nitrogens with zero attached hydrogens (tertiary/aromatic N) is 1. The van der Waals surface area contributed by atoms with Crippen LogP contribution in [0.15, 0.2) is 18.3 Å². The zero-order valence-corrected chi connectivity index (χ0v) is 10.9. The summed E-state index contributed by atoms with van der Waals surface area (Å²) in [5.74, 6) is 0. The van der Waals surface area contributed by atoms with Crippen LogP contribution >= 0.6 is 11.8 Å². The van der Waals surface area contributed by atoms with Crippen LogP contribution in [0.4, 0.5) is 0 Å². The minimum atomic E-state index is 0.707. The molecule has 1 saturated carbocycles. The molecule has 3 heteroatoms. The zero-order chi connectivity index (χ0) is 11.4. The van der Waals surface area contributed by atoms with Gasteiger partial charge in [-0.15, -0.1) is 0 Å². The Morgan fingerprint density at radius 3 is 2.94 bits per heavy atom. The number of rotatable bonds is 4. The van der Waals surface area contributed by atoms with Gasteiger partial charge < -0.3 is 5.32 Å². The Kier molecular flexibility index (Phi) is 4.24. The molecular formula is C13H20N2S. The molecule has 0 saturated heterocycles. The van der Waals surface area contributed by atoms with E-state index >= 15 is 0 Å². The summed E-state index contributed by atoms with van der Waals surface area (Å²) in [6.45, 7) is 2.98. The van der Waals surface area contributed by atoms with Crippen molar-refractivity contribution in [3.05, 3.63) is 29.6 Å². The number of aryl methyl sites for hydroxylation is 1. The van der Waals surface area contributed by atoms with Gasteiger partial charge in [0.15, 0.2) is 0 Å². The lowest BCUT2D eigenvalue weighted by Crippen LogP contribution is -2.26. The largest absolute Gasteiger partial charge is 0.310 e. The fraction of sp³-hybridized carbons (Fsp3) is 0.615. The molecule has 1 aliphatic rings. The summed E-state index contributed by atoms with van der Waals surface area (Å²) in [6, 6.07) is 4.95. The second kappa shape index (κ2) is 5.69. The maximum Gasteiger partial charge on any atom is 0.0372 e. The number of thioether (sulfide) groups is 1. The van der Waals surface area contributed by atoms with Gasteiger partial charge in [0.25, 0.3) is 0 Å². The van der Waals surface area contributed by atoms with E-state index in [1.165, 1.54) is 24.8 Å². The van der Waals surface area contributed by atoms with Crippen molar-refractivity contribution in [1.82, 2.24) is 10.3 Å². The lowest BCUT2D eigenvalue weighted by atomic mass is 10.2. The van der Waals surface area contributed by atoms with Crippen LogP contribution in [0.25, 0.3) is 0 Å². The first-order valence-electron chi connectivity index (χ1n) is 5.95. The summed E-state index contributed by atoms with van der Waals surface area (Å²) < 4.78 is 0. The van der Waals surface area contributed by atoms with Crippen LogP contribution in [0.5, 0.6) is 0 Å². The average molecular weight is 236 g/mol. The highest BCUT2D eigenvalue weighted by atomic mass is 32.2. The van der Waals surface area contributed by atoms with Gasteiger partial charge in [0.05, 0.1) is 0 Å². The Bertz CT molecular complexity index is 323. The summed E-state index contributed by atoms with van der Waals surface area (Å²) in [7, 11) is 0. The van der Waals surface area contributed by atoms with Crippen LogP contribution in [0.1, 0.15) is 30.5 Å². The van der Waals surface area contributed by atoms with Gasteiger partial charge in [0.2, 0.25) is 0 Å². The lowest BCUT2D eigenvalue weighted by molar-refractivity contribution is 0.524. The first kappa shape index (κ1) is 11.9. The molecule has 0 bridgehead atoms. The zero-order valence-electron chi connectivity index (χ0n) is 10.1. The van der Waals surface area contributed by atoms with Crippen molar-refractivity contribution in [3.63, 3.8) is 0 Å². The van der Waals surface area contributed by atoms with Gasteiger partial charge in [-0.2, -0.15) is 11.8 Å². The molecule has 16 heavy (non-hydrogen) atoms. The Labute approximate surface area is 102 Å². The molecule has 1 aliphatic carbocycles. The van der Waals surface area contributed by atoms with Gasteiger partial charge in [0, 0.05) is 29.7 Å². The maximum absolute atomic E-state index is 4.31. The van der Waals surface area contributed by atoms with Gasteiger partial charge in [0.1, 0.15) is 0 Å². The highest BCUT2D eigenvalue weighted by molar-refractivity contribution is 7.99. The molecule has 1 aromatic heterocycles. The first-order valence-corrected chi connectivity index (χ1v) is 7.24. The van der Waals surface area contributed by atoms with Gasteiger partial charge in [-0.25, -0.2) is 0 Å². The van der Waals surface area contributed by atoms with Crippen LogP contribution < -0.4 is 5.32 Å². The summed E-state index contributed by atoms with van der Waals surface area (Å²) in [5, 5.41) is 4.50. The summed E-state index contributed by atoms with van der Waals surface area (Å²) >= 11 is 2.01. The van der Waals surface area contributed by atoms with E-state index in [-0.39, 0.29) is 0 Å². The van der Waals surface area contributed by atoms with Crippen molar-refractivity contribution in [2.45, 2.75) is 44.0 Å². The third-order valence-corrected chi connectivity index (χ3v) is 4.38. The van der Waals surface area contributed by atoms with E-state index in [1.54, 1.807) is 0 Å². The quantitative estimate of drug-likeness (QED) is 0.870. The van der Waals surface area contributed by atoms with Crippen LogP contribution in [-0.2, 0) is 6.54 Å². The molecule has 0 spiro atoms. The Morgan fingerprint density at radius 2 is 2.31 bits per heavy atom. The Morgan fingerprint density at radius 1 is 1.44 bits per heavy atom. The normalized spacial score (nSPS) is 24.9. The average Bonchev–Trinajstić information content (AvgIpc) is 2.76. The molecule has 0 amide bonds. The summed E-state index contributed by atoms with van der Waals surface area (Å²) in [6.07, 6.45) is 8.20. The summed E-state index contributed by atoms with van der Waals surface area (Å²) in [5.41, 5.74) is 2.38. The molecule has 0 aliphatic heterocycles. The van der Waals surface area contributed by atoms with Crippen molar-refractivity contribution in [2.75, 3.05) is 6.26 Å². The van der Waals surface area contributed by atoms with Crippen LogP contribution in [0.3, 0.4) is 0 Å². The van der Waals surface area contributed by atoms with Crippen LogP contribution in [0.2, 0.25) is 0 Å². The third kappa shape index (κ3) is 3.22. The Balaban J connectivity index is 1.77. The van der Waals surface area contributed by atoms with Crippen LogP contribution in [0, 0.1) is 6.92 Å². The van der Waals surface area contributed by atoms with Crippen molar-refractivity contribution < 1.29 is 0 Å². The SMILES string of the molecule is CSC1CCC(NCc2ccc(C)nc2)C1. The third-order valence-electron chi connectivity index (χ3n) is 3.29.